The molecule has 0 saturated carbocycles. The third-order valence-electron chi connectivity index (χ3n) is 4.76. The molecule has 2 heterocycles. The van der Waals surface area contributed by atoms with Gasteiger partial charge in [-0.1, -0.05) is 12.1 Å². The van der Waals surface area contributed by atoms with Gasteiger partial charge in [-0.05, 0) is 30.3 Å². The van der Waals surface area contributed by atoms with Crippen LogP contribution in [0.25, 0.3) is 11.3 Å². The van der Waals surface area contributed by atoms with Gasteiger partial charge in [-0.2, -0.15) is 5.10 Å². The molecule has 1 aliphatic rings. The van der Waals surface area contributed by atoms with Crippen molar-refractivity contribution in [2.45, 2.75) is 6.42 Å². The third-order valence-corrected chi connectivity index (χ3v) is 4.76. The Morgan fingerprint density at radius 2 is 1.83 bits per heavy atom. The van der Waals surface area contributed by atoms with Gasteiger partial charge in [-0.25, -0.2) is 13.9 Å². The summed E-state index contributed by atoms with van der Waals surface area (Å²) in [7, 11) is 0. The molecule has 3 aromatic rings. The Morgan fingerprint density at radius 1 is 1.07 bits per heavy atom. The van der Waals surface area contributed by atoms with Gasteiger partial charge in [0.25, 0.3) is 5.56 Å². The highest BCUT2D eigenvalue weighted by molar-refractivity contribution is 6.03. The van der Waals surface area contributed by atoms with E-state index >= 15 is 0 Å². The Balaban J connectivity index is 1.48. The van der Waals surface area contributed by atoms with E-state index in [0.29, 0.717) is 16.9 Å². The molecule has 1 unspecified atom stereocenters. The first-order valence-electron chi connectivity index (χ1n) is 9.12. The summed E-state index contributed by atoms with van der Waals surface area (Å²) in [6, 6.07) is 12.6. The van der Waals surface area contributed by atoms with Crippen LogP contribution < -0.4 is 15.8 Å². The van der Waals surface area contributed by atoms with E-state index in [0.717, 1.165) is 18.2 Å². The predicted octanol–water partition coefficient (Wildman–Crippen LogP) is 2.71. The molecule has 152 valence electrons. The first kappa shape index (κ1) is 19.4. The molecule has 1 aliphatic heterocycles. The van der Waals surface area contributed by atoms with E-state index in [1.165, 1.54) is 11.0 Å². The summed E-state index contributed by atoms with van der Waals surface area (Å²) in [5, 5.41) is 9.05. The zero-order valence-corrected chi connectivity index (χ0v) is 15.6. The van der Waals surface area contributed by atoms with Gasteiger partial charge in [-0.15, -0.1) is 0 Å². The zero-order chi connectivity index (χ0) is 21.3. The van der Waals surface area contributed by atoms with Crippen LogP contribution in [-0.4, -0.2) is 28.6 Å². The van der Waals surface area contributed by atoms with Crippen molar-refractivity contribution in [3.05, 3.63) is 76.6 Å². The summed E-state index contributed by atoms with van der Waals surface area (Å²) < 4.78 is 26.9. The third kappa shape index (κ3) is 4.09. The number of carbonyl (C=O) groups is 2. The quantitative estimate of drug-likeness (QED) is 0.691. The number of aromatic nitrogens is 2. The number of amides is 2. The number of aromatic amines is 1. The van der Waals surface area contributed by atoms with Crippen molar-refractivity contribution >= 4 is 23.2 Å². The van der Waals surface area contributed by atoms with Crippen molar-refractivity contribution < 1.29 is 18.4 Å². The van der Waals surface area contributed by atoms with Crippen LogP contribution in [0.15, 0.2) is 59.4 Å². The number of halogens is 2. The van der Waals surface area contributed by atoms with Crippen LogP contribution in [0.4, 0.5) is 20.2 Å². The molecular weight excluding hydrogens is 394 g/mol. The average molecular weight is 410 g/mol. The topological polar surface area (TPSA) is 95.2 Å². The minimum Gasteiger partial charge on any atom is -0.326 e. The molecule has 1 aromatic heterocycles. The summed E-state index contributed by atoms with van der Waals surface area (Å²) in [6.07, 6.45) is -0.0644. The highest BCUT2D eigenvalue weighted by atomic mass is 19.1. The van der Waals surface area contributed by atoms with Crippen molar-refractivity contribution in [1.29, 1.82) is 0 Å². The van der Waals surface area contributed by atoms with Gasteiger partial charge in [-0.3, -0.25) is 14.4 Å². The van der Waals surface area contributed by atoms with Crippen LogP contribution >= 0.6 is 0 Å². The molecule has 4 rings (SSSR count). The average Bonchev–Trinajstić information content (AvgIpc) is 3.10. The van der Waals surface area contributed by atoms with Crippen LogP contribution in [0, 0.1) is 17.6 Å². The normalized spacial score (nSPS) is 16.0. The first-order valence-corrected chi connectivity index (χ1v) is 9.12. The van der Waals surface area contributed by atoms with E-state index in [1.807, 2.05) is 0 Å². The SMILES string of the molecule is O=C(Nc1cccc(-c2ccc(=O)[nH]n2)c1)C1CC(=O)N(c2cc(F)cc(F)c2)C1. The molecule has 1 fully saturated rings. The van der Waals surface area contributed by atoms with E-state index < -0.39 is 17.6 Å². The zero-order valence-electron chi connectivity index (χ0n) is 15.6. The maximum absolute atomic E-state index is 13.5. The van der Waals surface area contributed by atoms with Gasteiger partial charge in [0.05, 0.1) is 11.6 Å². The number of rotatable bonds is 4. The Kier molecular flexibility index (Phi) is 5.09. The molecule has 1 atom stereocenters. The van der Waals surface area contributed by atoms with Crippen LogP contribution in [0.5, 0.6) is 0 Å². The lowest BCUT2D eigenvalue weighted by atomic mass is 10.1. The number of carbonyl (C=O) groups excluding carboxylic acids is 2. The van der Waals surface area contributed by atoms with Gasteiger partial charge in [0.15, 0.2) is 0 Å². The van der Waals surface area contributed by atoms with Gasteiger partial charge in [0.2, 0.25) is 11.8 Å². The highest BCUT2D eigenvalue weighted by Gasteiger charge is 2.35. The van der Waals surface area contributed by atoms with Gasteiger partial charge in [0.1, 0.15) is 11.6 Å². The van der Waals surface area contributed by atoms with Crippen LogP contribution in [0.3, 0.4) is 0 Å². The fourth-order valence-corrected chi connectivity index (χ4v) is 3.33. The summed E-state index contributed by atoms with van der Waals surface area (Å²) in [5.41, 5.74) is 1.47. The minimum absolute atomic E-state index is 0.0225. The lowest BCUT2D eigenvalue weighted by molar-refractivity contribution is -0.122. The molecule has 7 nitrogen and oxygen atoms in total. The molecule has 9 heteroatoms. The standard InChI is InChI=1S/C21H16F2N4O3/c22-14-8-15(23)10-17(9-14)27-11-13(7-20(27)29)21(30)24-16-3-1-2-12(6-16)18-4-5-19(28)26-25-18/h1-6,8-10,13H,7,11H2,(H,24,30)(H,26,28). The Morgan fingerprint density at radius 3 is 2.53 bits per heavy atom. The van der Waals surface area contributed by atoms with E-state index in [4.69, 9.17) is 0 Å². The molecule has 0 radical (unpaired) electrons. The smallest absolute Gasteiger partial charge is 0.264 e. The molecule has 2 N–H and O–H groups in total. The molecule has 0 bridgehead atoms. The fourth-order valence-electron chi connectivity index (χ4n) is 3.33. The van der Waals surface area contributed by atoms with E-state index in [1.54, 1.807) is 30.3 Å². The molecule has 0 spiro atoms. The second kappa shape index (κ2) is 7.86. The summed E-state index contributed by atoms with van der Waals surface area (Å²) in [5.74, 6) is -3.02. The minimum atomic E-state index is -0.793. The molecule has 2 amide bonds. The fraction of sp³-hybridized carbons (Fsp3) is 0.143. The number of anilines is 2. The number of H-pyrrole nitrogens is 1. The van der Waals surface area contributed by atoms with Gasteiger partial charge >= 0.3 is 0 Å². The van der Waals surface area contributed by atoms with Crippen LogP contribution in [0.2, 0.25) is 0 Å². The van der Waals surface area contributed by atoms with Crippen LogP contribution in [0.1, 0.15) is 6.42 Å². The molecule has 2 aromatic carbocycles. The maximum Gasteiger partial charge on any atom is 0.264 e. The summed E-state index contributed by atoms with van der Waals surface area (Å²) in [4.78, 5) is 37.3. The van der Waals surface area contributed by atoms with Crippen molar-refractivity contribution in [1.82, 2.24) is 10.2 Å². The van der Waals surface area contributed by atoms with E-state index in [2.05, 4.69) is 15.5 Å². The molecule has 30 heavy (non-hydrogen) atoms. The van der Waals surface area contributed by atoms with E-state index in [-0.39, 0.29) is 36.0 Å². The van der Waals surface area contributed by atoms with Crippen molar-refractivity contribution in [2.24, 2.45) is 5.92 Å². The van der Waals surface area contributed by atoms with E-state index in [9.17, 15) is 23.2 Å². The van der Waals surface area contributed by atoms with Gasteiger partial charge in [0, 0.05) is 42.0 Å². The number of nitrogens with one attached hydrogen (secondary N) is 2. The number of benzene rings is 2. The monoisotopic (exact) mass is 410 g/mol. The lowest BCUT2D eigenvalue weighted by Gasteiger charge is -2.17. The Bertz CT molecular complexity index is 1150. The Labute approximate surface area is 169 Å². The molecule has 1 saturated heterocycles. The Hall–Kier alpha value is -3.88. The largest absolute Gasteiger partial charge is 0.326 e. The highest BCUT2D eigenvalue weighted by Crippen LogP contribution is 2.28. The number of hydrogen-bond donors (Lipinski definition) is 2. The van der Waals surface area contributed by atoms with Crippen molar-refractivity contribution in [3.63, 3.8) is 0 Å². The molecular formula is C21H16F2N4O3. The summed E-state index contributed by atoms with van der Waals surface area (Å²) >= 11 is 0. The number of hydrogen-bond acceptors (Lipinski definition) is 4. The number of nitrogens with zero attached hydrogens (tertiary/aromatic N) is 2. The lowest BCUT2D eigenvalue weighted by Crippen LogP contribution is -2.28. The van der Waals surface area contributed by atoms with Crippen molar-refractivity contribution in [2.75, 3.05) is 16.8 Å². The van der Waals surface area contributed by atoms with Crippen molar-refractivity contribution in [3.8, 4) is 11.3 Å². The van der Waals surface area contributed by atoms with Crippen LogP contribution in [-0.2, 0) is 9.59 Å². The maximum atomic E-state index is 13.5. The first-order chi connectivity index (χ1) is 14.4. The second-order valence-electron chi connectivity index (χ2n) is 6.91. The van der Waals surface area contributed by atoms with Gasteiger partial charge < -0.3 is 10.2 Å². The second-order valence-corrected chi connectivity index (χ2v) is 6.91. The predicted molar refractivity (Wildman–Crippen MR) is 106 cm³/mol. The summed E-state index contributed by atoms with van der Waals surface area (Å²) in [6.45, 7) is 0.0225. The molecule has 0 aliphatic carbocycles.